The molecule has 5 aromatic rings. The molecule has 1 amide bonds. The van der Waals surface area contributed by atoms with Crippen molar-refractivity contribution in [2.24, 2.45) is 0 Å². The van der Waals surface area contributed by atoms with Crippen molar-refractivity contribution >= 4 is 21.4 Å². The van der Waals surface area contributed by atoms with E-state index in [1.165, 1.54) is 60.7 Å². The van der Waals surface area contributed by atoms with Crippen molar-refractivity contribution in [1.29, 1.82) is 0 Å². The number of nitrogens with zero attached hydrogens (tertiary/aromatic N) is 2. The zero-order valence-corrected chi connectivity index (χ0v) is 20.1. The van der Waals surface area contributed by atoms with Gasteiger partial charge in [0.2, 0.25) is 0 Å². The van der Waals surface area contributed by atoms with Crippen molar-refractivity contribution in [3.05, 3.63) is 114 Å². The maximum absolute atomic E-state index is 14.0. The third-order valence-corrected chi connectivity index (χ3v) is 7.12. The highest BCUT2D eigenvalue weighted by Gasteiger charge is 2.31. The fraction of sp³-hybridized carbons (Fsp3) is 0.0370. The molecule has 0 aliphatic heterocycles. The van der Waals surface area contributed by atoms with Crippen molar-refractivity contribution in [2.45, 2.75) is 11.1 Å². The standard InChI is InChI=1S/C27H17F4N3O3S/c28-21-8-4-7-19(15-21)25-24(23-14-11-20(27(29,30)31)16-34(23)32-25)17-9-12-22(13-10-17)38(36,37)33-26(35)18-5-2-1-3-6-18/h1-16H,(H,33,35). The number of sulfonamides is 1. The van der Waals surface area contributed by atoms with Crippen LogP contribution < -0.4 is 4.72 Å². The Morgan fingerprint density at radius 3 is 2.21 bits per heavy atom. The zero-order chi connectivity index (χ0) is 27.1. The molecule has 0 fully saturated rings. The summed E-state index contributed by atoms with van der Waals surface area (Å²) in [5, 5.41) is 4.29. The van der Waals surface area contributed by atoms with Gasteiger partial charge in [0.15, 0.2) is 0 Å². The molecule has 3 aromatic carbocycles. The number of hydrogen-bond donors (Lipinski definition) is 1. The molecule has 2 aromatic heterocycles. The molecule has 38 heavy (non-hydrogen) atoms. The number of fused-ring (bicyclic) bond motifs is 1. The number of amides is 1. The quantitative estimate of drug-likeness (QED) is 0.280. The van der Waals surface area contributed by atoms with E-state index in [0.717, 1.165) is 16.8 Å². The maximum atomic E-state index is 14.0. The first-order valence-electron chi connectivity index (χ1n) is 11.1. The van der Waals surface area contributed by atoms with E-state index in [1.54, 1.807) is 24.3 Å². The minimum Gasteiger partial charge on any atom is -0.268 e. The van der Waals surface area contributed by atoms with Crippen LogP contribution in [0.1, 0.15) is 15.9 Å². The lowest BCUT2D eigenvalue weighted by Gasteiger charge is -2.09. The van der Waals surface area contributed by atoms with E-state index in [1.807, 2.05) is 4.72 Å². The van der Waals surface area contributed by atoms with E-state index in [9.17, 15) is 30.8 Å². The number of hydrogen-bond acceptors (Lipinski definition) is 4. The number of carbonyl (C=O) groups excluding carboxylic acids is 1. The summed E-state index contributed by atoms with van der Waals surface area (Å²) in [5.41, 5.74) is 0.873. The number of aromatic nitrogens is 2. The number of nitrogens with one attached hydrogen (secondary N) is 1. The summed E-state index contributed by atoms with van der Waals surface area (Å²) in [5.74, 6) is -1.36. The first-order chi connectivity index (χ1) is 18.0. The molecule has 2 heterocycles. The summed E-state index contributed by atoms with van der Waals surface area (Å²) >= 11 is 0. The highest BCUT2D eigenvalue weighted by atomic mass is 32.2. The van der Waals surface area contributed by atoms with Crippen LogP contribution in [0.3, 0.4) is 0 Å². The van der Waals surface area contributed by atoms with Crippen LogP contribution in [0.15, 0.2) is 102 Å². The van der Waals surface area contributed by atoms with Gasteiger partial charge in [-0.1, -0.05) is 42.5 Å². The molecule has 5 rings (SSSR count). The average molecular weight is 540 g/mol. The largest absolute Gasteiger partial charge is 0.417 e. The van der Waals surface area contributed by atoms with Crippen molar-refractivity contribution in [3.8, 4) is 22.4 Å². The van der Waals surface area contributed by atoms with Crippen LogP contribution >= 0.6 is 0 Å². The van der Waals surface area contributed by atoms with E-state index < -0.39 is 33.5 Å². The van der Waals surface area contributed by atoms with Crippen LogP contribution in [0.25, 0.3) is 27.9 Å². The molecule has 0 saturated carbocycles. The Balaban J connectivity index is 1.57. The van der Waals surface area contributed by atoms with Gasteiger partial charge in [-0.05, 0) is 54.1 Å². The summed E-state index contributed by atoms with van der Waals surface area (Å²) in [6.45, 7) is 0. The number of halogens is 4. The van der Waals surface area contributed by atoms with Crippen LogP contribution in [0.2, 0.25) is 0 Å². The maximum Gasteiger partial charge on any atom is 0.417 e. The van der Waals surface area contributed by atoms with Gasteiger partial charge in [-0.3, -0.25) is 4.79 Å². The lowest BCUT2D eigenvalue weighted by Crippen LogP contribution is -2.30. The number of benzene rings is 3. The third kappa shape index (κ3) is 4.88. The molecule has 0 aliphatic rings. The Morgan fingerprint density at radius 2 is 1.55 bits per heavy atom. The van der Waals surface area contributed by atoms with Gasteiger partial charge in [-0.2, -0.15) is 18.3 Å². The predicted octanol–water partition coefficient (Wildman–Crippen LogP) is 5.94. The summed E-state index contributed by atoms with van der Waals surface area (Å²) < 4.78 is 82.5. The van der Waals surface area contributed by atoms with Gasteiger partial charge in [0.25, 0.3) is 15.9 Å². The van der Waals surface area contributed by atoms with Crippen LogP contribution in [-0.2, 0) is 16.2 Å². The molecule has 11 heteroatoms. The minimum atomic E-state index is -4.60. The zero-order valence-electron chi connectivity index (χ0n) is 19.3. The fourth-order valence-electron chi connectivity index (χ4n) is 3.97. The second kappa shape index (κ2) is 9.42. The first kappa shape index (κ1) is 25.2. The molecular formula is C27H17F4N3O3S. The lowest BCUT2D eigenvalue weighted by molar-refractivity contribution is -0.137. The molecule has 0 saturated heterocycles. The molecule has 0 radical (unpaired) electrons. The molecule has 6 nitrogen and oxygen atoms in total. The highest BCUT2D eigenvalue weighted by Crippen LogP contribution is 2.37. The molecule has 0 aliphatic carbocycles. The summed E-state index contributed by atoms with van der Waals surface area (Å²) in [7, 11) is -4.22. The van der Waals surface area contributed by atoms with Gasteiger partial charge in [-0.15, -0.1) is 0 Å². The summed E-state index contributed by atoms with van der Waals surface area (Å²) in [4.78, 5) is 12.1. The van der Waals surface area contributed by atoms with Gasteiger partial charge in [0.05, 0.1) is 16.0 Å². The minimum absolute atomic E-state index is 0.164. The van der Waals surface area contributed by atoms with Crippen molar-refractivity contribution < 1.29 is 30.8 Å². The Bertz CT molecular complexity index is 1770. The van der Waals surface area contributed by atoms with Gasteiger partial charge in [-0.25, -0.2) is 22.0 Å². The van der Waals surface area contributed by atoms with Gasteiger partial charge in [0.1, 0.15) is 11.5 Å². The van der Waals surface area contributed by atoms with Crippen molar-refractivity contribution in [3.63, 3.8) is 0 Å². The van der Waals surface area contributed by atoms with E-state index in [-0.39, 0.29) is 16.2 Å². The number of alkyl halides is 3. The fourth-order valence-corrected chi connectivity index (χ4v) is 4.94. The molecule has 0 unspecified atom stereocenters. The van der Waals surface area contributed by atoms with Gasteiger partial charge < -0.3 is 0 Å². The second-order valence-electron chi connectivity index (χ2n) is 8.30. The van der Waals surface area contributed by atoms with Crippen LogP contribution in [0.5, 0.6) is 0 Å². The molecule has 0 bridgehead atoms. The van der Waals surface area contributed by atoms with Crippen molar-refractivity contribution in [2.75, 3.05) is 0 Å². The Hall–Kier alpha value is -4.51. The van der Waals surface area contributed by atoms with Gasteiger partial charge in [0, 0.05) is 22.9 Å². The Morgan fingerprint density at radius 1 is 0.842 bits per heavy atom. The smallest absolute Gasteiger partial charge is 0.268 e. The van der Waals surface area contributed by atoms with E-state index in [4.69, 9.17) is 0 Å². The predicted molar refractivity (Wildman–Crippen MR) is 132 cm³/mol. The Kier molecular flexibility index (Phi) is 6.23. The van der Waals surface area contributed by atoms with Gasteiger partial charge >= 0.3 is 6.18 Å². The van der Waals surface area contributed by atoms with E-state index >= 15 is 0 Å². The van der Waals surface area contributed by atoms with E-state index in [0.29, 0.717) is 22.2 Å². The van der Waals surface area contributed by atoms with Crippen LogP contribution in [-0.4, -0.2) is 23.9 Å². The first-order valence-corrected chi connectivity index (χ1v) is 12.6. The normalized spacial score (nSPS) is 12.0. The number of pyridine rings is 1. The SMILES string of the molecule is O=C(NS(=O)(=O)c1ccc(-c2c(-c3cccc(F)c3)nn3cc(C(F)(F)F)ccc23)cc1)c1ccccc1. The molecule has 0 atom stereocenters. The molecule has 0 spiro atoms. The molecule has 1 N–H and O–H groups in total. The molecular weight excluding hydrogens is 522 g/mol. The summed E-state index contributed by atoms with van der Waals surface area (Å²) in [6, 6.07) is 20.8. The highest BCUT2D eigenvalue weighted by molar-refractivity contribution is 7.90. The van der Waals surface area contributed by atoms with Crippen LogP contribution in [0, 0.1) is 5.82 Å². The summed E-state index contributed by atoms with van der Waals surface area (Å²) in [6.07, 6.45) is -3.76. The number of carbonyl (C=O) groups is 1. The monoisotopic (exact) mass is 539 g/mol. The number of rotatable bonds is 5. The van der Waals surface area contributed by atoms with Crippen molar-refractivity contribution in [1.82, 2.24) is 14.3 Å². The van der Waals surface area contributed by atoms with E-state index in [2.05, 4.69) is 5.10 Å². The topological polar surface area (TPSA) is 80.5 Å². The van der Waals surface area contributed by atoms with Crippen LogP contribution in [0.4, 0.5) is 17.6 Å². The average Bonchev–Trinajstić information content (AvgIpc) is 3.27. The Labute approximate surface area is 214 Å². The lowest BCUT2D eigenvalue weighted by atomic mass is 9.99. The second-order valence-corrected chi connectivity index (χ2v) is 9.99. The third-order valence-electron chi connectivity index (χ3n) is 5.77. The molecule has 192 valence electrons.